The van der Waals surface area contributed by atoms with Crippen LogP contribution in [0, 0.1) is 11.8 Å². The van der Waals surface area contributed by atoms with E-state index in [-0.39, 0.29) is 24.4 Å². The molecule has 9 nitrogen and oxygen atoms in total. The highest BCUT2D eigenvalue weighted by Gasteiger charge is 2.35. The Balaban J connectivity index is 1.32. The maximum Gasteiger partial charge on any atom is 0.249 e. The van der Waals surface area contributed by atoms with Gasteiger partial charge in [-0.3, -0.25) is 14.5 Å². The van der Waals surface area contributed by atoms with Crippen LogP contribution in [0.15, 0.2) is 97.1 Å². The summed E-state index contributed by atoms with van der Waals surface area (Å²) < 4.78 is 13.3. The number of rotatable bonds is 7. The van der Waals surface area contributed by atoms with Crippen LogP contribution in [0.3, 0.4) is 0 Å². The molecule has 5 aromatic rings. The topological polar surface area (TPSA) is 98.6 Å². The van der Waals surface area contributed by atoms with Crippen molar-refractivity contribution in [2.75, 3.05) is 18.1 Å². The average molecular weight is 626 g/mol. The van der Waals surface area contributed by atoms with E-state index in [0.29, 0.717) is 41.5 Å². The zero-order chi connectivity index (χ0) is 32.0. The van der Waals surface area contributed by atoms with Gasteiger partial charge in [-0.05, 0) is 66.9 Å². The highest BCUT2D eigenvalue weighted by Crippen LogP contribution is 2.37. The Bertz CT molecular complexity index is 1960. The summed E-state index contributed by atoms with van der Waals surface area (Å²) in [4.78, 5) is 30.6. The minimum absolute atomic E-state index is 0.0382. The molecule has 1 fully saturated rings. The summed E-state index contributed by atoms with van der Waals surface area (Å²) in [5.74, 6) is 6.97. The van der Waals surface area contributed by atoms with Gasteiger partial charge < -0.3 is 14.8 Å². The number of ether oxygens (including phenoxy) is 2. The lowest BCUT2D eigenvalue weighted by molar-refractivity contribution is -0.127. The molecule has 1 aliphatic heterocycles. The quantitative estimate of drug-likeness (QED) is 0.229. The van der Waals surface area contributed by atoms with Crippen LogP contribution in [0.5, 0.6) is 11.5 Å². The van der Waals surface area contributed by atoms with Gasteiger partial charge in [0.15, 0.2) is 11.5 Å². The first-order valence-corrected chi connectivity index (χ1v) is 16.1. The molecule has 1 N–H and O–H groups in total. The standard InChI is InChI=1S/C38H35N5O4/c44-36(26-42-33-17-8-7-16-32(33)40-41-42)43(31-20-21-34-35(25-31)47-23-22-46-34)37(38(45)39-30-14-5-2-6-15-30)29-13-9-12-28(24-29)19-18-27-10-3-1-4-11-27/h1,3-4,7-13,16-17,20-21,24-25,30,37H,2,5-6,14-15,22-23,26H2,(H,39,45)/t37-/m0/s1. The van der Waals surface area contributed by atoms with Gasteiger partial charge in [0.2, 0.25) is 11.8 Å². The van der Waals surface area contributed by atoms with E-state index in [4.69, 9.17) is 9.47 Å². The van der Waals surface area contributed by atoms with Crippen molar-refractivity contribution in [2.24, 2.45) is 0 Å². The molecule has 1 aromatic heterocycles. The van der Waals surface area contributed by atoms with Crippen LogP contribution in [0.2, 0.25) is 0 Å². The maximum absolute atomic E-state index is 14.6. The number of amides is 2. The van der Waals surface area contributed by atoms with E-state index in [1.165, 1.54) is 0 Å². The lowest BCUT2D eigenvalue weighted by Crippen LogP contribution is -2.48. The van der Waals surface area contributed by atoms with Crippen LogP contribution in [0.25, 0.3) is 11.0 Å². The van der Waals surface area contributed by atoms with Gasteiger partial charge in [-0.1, -0.05) is 78.8 Å². The van der Waals surface area contributed by atoms with E-state index in [0.717, 1.165) is 48.7 Å². The molecule has 0 bridgehead atoms. The molecule has 2 aliphatic rings. The molecule has 1 aliphatic carbocycles. The second kappa shape index (κ2) is 13.8. The number of carbonyl (C=O) groups is 2. The van der Waals surface area contributed by atoms with Crippen molar-refractivity contribution in [3.8, 4) is 23.3 Å². The van der Waals surface area contributed by atoms with Gasteiger partial charge in [0.25, 0.3) is 0 Å². The van der Waals surface area contributed by atoms with Gasteiger partial charge in [0.1, 0.15) is 31.3 Å². The molecule has 47 heavy (non-hydrogen) atoms. The Hall–Kier alpha value is -5.62. The number of nitrogens with zero attached hydrogens (tertiary/aromatic N) is 4. The summed E-state index contributed by atoms with van der Waals surface area (Å²) in [6.45, 7) is 0.705. The zero-order valence-corrected chi connectivity index (χ0v) is 26.0. The molecule has 0 radical (unpaired) electrons. The highest BCUT2D eigenvalue weighted by atomic mass is 16.6. The van der Waals surface area contributed by atoms with E-state index >= 15 is 0 Å². The zero-order valence-electron chi connectivity index (χ0n) is 26.0. The molecule has 1 saturated carbocycles. The monoisotopic (exact) mass is 625 g/mol. The van der Waals surface area contributed by atoms with E-state index in [1.54, 1.807) is 27.8 Å². The van der Waals surface area contributed by atoms with Gasteiger partial charge in [-0.25, -0.2) is 4.68 Å². The van der Waals surface area contributed by atoms with Gasteiger partial charge >= 0.3 is 0 Å². The summed E-state index contributed by atoms with van der Waals surface area (Å²) in [7, 11) is 0. The van der Waals surface area contributed by atoms with E-state index in [9.17, 15) is 9.59 Å². The molecule has 1 atom stereocenters. The average Bonchev–Trinajstić information content (AvgIpc) is 3.52. The van der Waals surface area contributed by atoms with Crippen LogP contribution < -0.4 is 19.7 Å². The molecule has 0 unspecified atom stereocenters. The van der Waals surface area contributed by atoms with Crippen molar-refractivity contribution in [2.45, 2.75) is 50.7 Å². The van der Waals surface area contributed by atoms with Crippen LogP contribution in [-0.2, 0) is 16.1 Å². The van der Waals surface area contributed by atoms with Gasteiger partial charge in [-0.15, -0.1) is 5.10 Å². The molecule has 4 aromatic carbocycles. The van der Waals surface area contributed by atoms with Crippen molar-refractivity contribution in [3.05, 3.63) is 114 Å². The first kappa shape index (κ1) is 30.1. The van der Waals surface area contributed by atoms with Gasteiger partial charge in [-0.2, -0.15) is 0 Å². The number of fused-ring (bicyclic) bond motifs is 2. The Labute approximate surface area is 273 Å². The van der Waals surface area contributed by atoms with Crippen LogP contribution in [0.4, 0.5) is 5.69 Å². The molecular formula is C38H35N5O4. The van der Waals surface area contributed by atoms with Crippen molar-refractivity contribution in [1.82, 2.24) is 20.3 Å². The fraction of sp³-hybridized carbons (Fsp3) is 0.263. The van der Waals surface area contributed by atoms with E-state index < -0.39 is 6.04 Å². The van der Waals surface area contributed by atoms with Crippen molar-refractivity contribution < 1.29 is 19.1 Å². The number of hydrogen-bond acceptors (Lipinski definition) is 6. The Kier molecular flexibility index (Phi) is 8.82. The molecule has 0 saturated heterocycles. The molecule has 2 amide bonds. The Morgan fingerprint density at radius 3 is 2.43 bits per heavy atom. The lowest BCUT2D eigenvalue weighted by atomic mass is 9.94. The molecule has 9 heteroatoms. The first-order chi connectivity index (χ1) is 23.1. The first-order valence-electron chi connectivity index (χ1n) is 16.1. The minimum Gasteiger partial charge on any atom is -0.486 e. The fourth-order valence-corrected chi connectivity index (χ4v) is 6.25. The van der Waals surface area contributed by atoms with Crippen molar-refractivity contribution in [3.63, 3.8) is 0 Å². The number of anilines is 1. The van der Waals surface area contributed by atoms with Gasteiger partial charge in [0.05, 0.1) is 5.52 Å². The summed E-state index contributed by atoms with van der Waals surface area (Å²) in [5, 5.41) is 11.8. The largest absolute Gasteiger partial charge is 0.486 e. The molecule has 7 rings (SSSR count). The Morgan fingerprint density at radius 1 is 0.830 bits per heavy atom. The normalized spacial score (nSPS) is 14.9. The smallest absolute Gasteiger partial charge is 0.249 e. The second-order valence-electron chi connectivity index (χ2n) is 11.8. The number of nitrogens with one attached hydrogen (secondary N) is 1. The summed E-state index contributed by atoms with van der Waals surface area (Å²) >= 11 is 0. The van der Waals surface area contributed by atoms with Crippen molar-refractivity contribution in [1.29, 1.82) is 0 Å². The van der Waals surface area contributed by atoms with E-state index in [1.807, 2.05) is 78.9 Å². The third kappa shape index (κ3) is 6.82. The molecule has 236 valence electrons. The maximum atomic E-state index is 14.6. The molecular weight excluding hydrogens is 590 g/mol. The van der Waals surface area contributed by atoms with Crippen LogP contribution in [-0.4, -0.2) is 46.1 Å². The molecule has 0 spiro atoms. The lowest BCUT2D eigenvalue weighted by Gasteiger charge is -2.34. The summed E-state index contributed by atoms with van der Waals surface area (Å²) in [6.07, 6.45) is 5.09. The number of aromatic nitrogens is 3. The summed E-state index contributed by atoms with van der Waals surface area (Å²) in [6, 6.07) is 29.2. The number of benzene rings is 4. The van der Waals surface area contributed by atoms with Crippen molar-refractivity contribution >= 4 is 28.5 Å². The fourth-order valence-electron chi connectivity index (χ4n) is 6.25. The minimum atomic E-state index is -1.000. The highest BCUT2D eigenvalue weighted by molar-refractivity contribution is 6.02. The van der Waals surface area contributed by atoms with Crippen LogP contribution >= 0.6 is 0 Å². The molecule has 2 heterocycles. The van der Waals surface area contributed by atoms with E-state index in [2.05, 4.69) is 27.5 Å². The third-order valence-corrected chi connectivity index (χ3v) is 8.56. The predicted molar refractivity (Wildman–Crippen MR) is 179 cm³/mol. The second-order valence-corrected chi connectivity index (χ2v) is 11.8. The number of carbonyl (C=O) groups excluding carboxylic acids is 2. The summed E-state index contributed by atoms with van der Waals surface area (Å²) in [5.41, 5.74) is 4.18. The number of hydrogen-bond donors (Lipinski definition) is 1. The SMILES string of the molecule is O=C(NC1CCCCC1)[C@H](c1cccc(C#Cc2ccccc2)c1)N(C(=O)Cn1nnc2ccccc21)c1ccc2c(c1)OCCO2. The third-order valence-electron chi connectivity index (χ3n) is 8.56. The van der Waals surface area contributed by atoms with Gasteiger partial charge in [0, 0.05) is 28.9 Å². The Morgan fingerprint density at radius 2 is 1.57 bits per heavy atom. The predicted octanol–water partition coefficient (Wildman–Crippen LogP) is 5.83. The number of para-hydroxylation sites is 1. The van der Waals surface area contributed by atoms with Crippen LogP contribution in [0.1, 0.15) is 54.8 Å².